The van der Waals surface area contributed by atoms with Crippen LogP contribution in [0.3, 0.4) is 0 Å². The molecular weight excluding hydrogens is 256 g/mol. The van der Waals surface area contributed by atoms with E-state index in [1.807, 2.05) is 0 Å². The Kier molecular flexibility index (Phi) is 5.64. The molecule has 1 aliphatic rings. The highest BCUT2D eigenvalue weighted by Crippen LogP contribution is 2.24. The first-order valence-electron chi connectivity index (χ1n) is 7.14. The standard InChI is InChI=1S/C15H24N2O3/c1-20-8-7-17(11-13-3-2-6-16-13)10-12-4-5-14(18)9-15(12)19/h4-5,9,13,16,18-19H,2-3,6-8,10-11H2,1H3. The van der Waals surface area contributed by atoms with E-state index in [0.29, 0.717) is 19.2 Å². The van der Waals surface area contributed by atoms with Crippen molar-refractivity contribution in [1.82, 2.24) is 10.2 Å². The molecule has 112 valence electrons. The fourth-order valence-electron chi connectivity index (χ4n) is 2.61. The maximum absolute atomic E-state index is 9.89. The number of aromatic hydroxyl groups is 2. The minimum Gasteiger partial charge on any atom is -0.508 e. The smallest absolute Gasteiger partial charge is 0.123 e. The van der Waals surface area contributed by atoms with Gasteiger partial charge in [-0.3, -0.25) is 4.90 Å². The number of hydrogen-bond acceptors (Lipinski definition) is 5. The van der Waals surface area contributed by atoms with Gasteiger partial charge < -0.3 is 20.3 Å². The van der Waals surface area contributed by atoms with Gasteiger partial charge in [0.25, 0.3) is 0 Å². The molecule has 1 heterocycles. The second-order valence-electron chi connectivity index (χ2n) is 5.33. The summed E-state index contributed by atoms with van der Waals surface area (Å²) in [5.41, 5.74) is 0.830. The first kappa shape index (κ1) is 15.1. The first-order valence-corrected chi connectivity index (χ1v) is 7.14. The van der Waals surface area contributed by atoms with Crippen molar-refractivity contribution in [3.63, 3.8) is 0 Å². The van der Waals surface area contributed by atoms with Gasteiger partial charge in [0.2, 0.25) is 0 Å². The summed E-state index contributed by atoms with van der Waals surface area (Å²) in [7, 11) is 1.70. The highest BCUT2D eigenvalue weighted by Gasteiger charge is 2.18. The Morgan fingerprint density at radius 1 is 1.40 bits per heavy atom. The highest BCUT2D eigenvalue weighted by atomic mass is 16.5. The average molecular weight is 280 g/mol. The Labute approximate surface area is 120 Å². The highest BCUT2D eigenvalue weighted by molar-refractivity contribution is 5.38. The van der Waals surface area contributed by atoms with Crippen molar-refractivity contribution < 1.29 is 14.9 Å². The SMILES string of the molecule is COCCN(Cc1ccc(O)cc1O)CC1CCCN1. The van der Waals surface area contributed by atoms with Crippen LogP contribution in [0.1, 0.15) is 18.4 Å². The molecule has 1 saturated heterocycles. The third-order valence-corrected chi connectivity index (χ3v) is 3.72. The van der Waals surface area contributed by atoms with Crippen LogP contribution >= 0.6 is 0 Å². The molecule has 3 N–H and O–H groups in total. The molecule has 2 rings (SSSR count). The van der Waals surface area contributed by atoms with Crippen LogP contribution in [0.15, 0.2) is 18.2 Å². The molecule has 0 saturated carbocycles. The van der Waals surface area contributed by atoms with Crippen LogP contribution in [0.25, 0.3) is 0 Å². The second-order valence-corrected chi connectivity index (χ2v) is 5.33. The molecule has 5 heteroatoms. The van der Waals surface area contributed by atoms with E-state index in [4.69, 9.17) is 4.74 Å². The second kappa shape index (κ2) is 7.47. The third-order valence-electron chi connectivity index (χ3n) is 3.72. The number of phenols is 2. The maximum Gasteiger partial charge on any atom is 0.123 e. The number of benzene rings is 1. The molecule has 1 aliphatic heterocycles. The number of methoxy groups -OCH3 is 1. The fourth-order valence-corrected chi connectivity index (χ4v) is 2.61. The molecule has 1 unspecified atom stereocenters. The minimum absolute atomic E-state index is 0.0900. The zero-order valence-electron chi connectivity index (χ0n) is 12.0. The molecule has 0 amide bonds. The Morgan fingerprint density at radius 2 is 2.25 bits per heavy atom. The lowest BCUT2D eigenvalue weighted by molar-refractivity contribution is 0.137. The summed E-state index contributed by atoms with van der Waals surface area (Å²) < 4.78 is 5.16. The van der Waals surface area contributed by atoms with Crippen LogP contribution in [0.4, 0.5) is 0 Å². The lowest BCUT2D eigenvalue weighted by atomic mass is 10.1. The van der Waals surface area contributed by atoms with Gasteiger partial charge in [-0.1, -0.05) is 6.07 Å². The maximum atomic E-state index is 9.89. The quantitative estimate of drug-likeness (QED) is 0.702. The van der Waals surface area contributed by atoms with Crippen molar-refractivity contribution in [2.75, 3.05) is 33.4 Å². The van der Waals surface area contributed by atoms with Gasteiger partial charge in [-0.2, -0.15) is 0 Å². The van der Waals surface area contributed by atoms with Gasteiger partial charge in [-0.05, 0) is 25.5 Å². The molecule has 1 atom stereocenters. The number of nitrogens with one attached hydrogen (secondary N) is 1. The van der Waals surface area contributed by atoms with Crippen LogP contribution in [0, 0.1) is 0 Å². The van der Waals surface area contributed by atoms with Gasteiger partial charge in [0.15, 0.2) is 0 Å². The van der Waals surface area contributed by atoms with Crippen molar-refractivity contribution in [3.8, 4) is 11.5 Å². The Morgan fingerprint density at radius 3 is 2.90 bits per heavy atom. The lowest BCUT2D eigenvalue weighted by Gasteiger charge is -2.25. The van der Waals surface area contributed by atoms with Gasteiger partial charge in [0.1, 0.15) is 11.5 Å². The molecule has 20 heavy (non-hydrogen) atoms. The average Bonchev–Trinajstić information content (AvgIpc) is 2.92. The van der Waals surface area contributed by atoms with E-state index in [1.54, 1.807) is 19.2 Å². The summed E-state index contributed by atoms with van der Waals surface area (Å²) in [5, 5.41) is 22.7. The molecule has 0 bridgehead atoms. The van der Waals surface area contributed by atoms with Crippen molar-refractivity contribution in [1.29, 1.82) is 0 Å². The van der Waals surface area contributed by atoms with E-state index in [9.17, 15) is 10.2 Å². The van der Waals surface area contributed by atoms with Crippen molar-refractivity contribution >= 4 is 0 Å². The summed E-state index contributed by atoms with van der Waals surface area (Å²) in [4.78, 5) is 2.28. The fraction of sp³-hybridized carbons (Fsp3) is 0.600. The predicted octanol–water partition coefficient (Wildman–Crippen LogP) is 1.30. The van der Waals surface area contributed by atoms with Crippen molar-refractivity contribution in [2.24, 2.45) is 0 Å². The summed E-state index contributed by atoms with van der Waals surface area (Å²) in [6.45, 7) is 4.20. The van der Waals surface area contributed by atoms with Gasteiger partial charge in [-0.15, -0.1) is 0 Å². The molecule has 0 radical (unpaired) electrons. The minimum atomic E-state index is 0.0900. The van der Waals surface area contributed by atoms with Gasteiger partial charge >= 0.3 is 0 Å². The number of ether oxygens (including phenoxy) is 1. The van der Waals surface area contributed by atoms with Gasteiger partial charge in [0, 0.05) is 44.4 Å². The molecular formula is C15H24N2O3. The van der Waals surface area contributed by atoms with E-state index >= 15 is 0 Å². The Hall–Kier alpha value is -1.30. The molecule has 0 aliphatic carbocycles. The zero-order chi connectivity index (χ0) is 14.4. The summed E-state index contributed by atoms with van der Waals surface area (Å²) >= 11 is 0. The number of phenolic OH excluding ortho intramolecular Hbond substituents is 2. The molecule has 0 aromatic heterocycles. The van der Waals surface area contributed by atoms with E-state index in [0.717, 1.165) is 25.2 Å². The van der Waals surface area contributed by atoms with Crippen LogP contribution in [0.2, 0.25) is 0 Å². The van der Waals surface area contributed by atoms with E-state index in [2.05, 4.69) is 10.2 Å². The summed E-state index contributed by atoms with van der Waals surface area (Å²) in [6, 6.07) is 5.28. The predicted molar refractivity (Wildman–Crippen MR) is 77.9 cm³/mol. The van der Waals surface area contributed by atoms with Crippen molar-refractivity contribution in [3.05, 3.63) is 23.8 Å². The van der Waals surface area contributed by atoms with E-state index in [-0.39, 0.29) is 11.5 Å². The monoisotopic (exact) mass is 280 g/mol. The summed E-state index contributed by atoms with van der Waals surface area (Å²) in [5.74, 6) is 0.235. The van der Waals surface area contributed by atoms with Gasteiger partial charge in [0.05, 0.1) is 6.61 Å². The van der Waals surface area contributed by atoms with Crippen LogP contribution in [0.5, 0.6) is 11.5 Å². The Bertz CT molecular complexity index is 420. The molecule has 5 nitrogen and oxygen atoms in total. The van der Waals surface area contributed by atoms with E-state index < -0.39 is 0 Å². The van der Waals surface area contributed by atoms with Crippen LogP contribution in [-0.4, -0.2) is 54.5 Å². The van der Waals surface area contributed by atoms with Crippen LogP contribution < -0.4 is 5.32 Å². The third kappa shape index (κ3) is 4.37. The normalized spacial score (nSPS) is 18.8. The lowest BCUT2D eigenvalue weighted by Crippen LogP contribution is -2.38. The number of rotatable bonds is 7. The number of nitrogens with zero attached hydrogens (tertiary/aromatic N) is 1. The molecule has 1 aromatic rings. The first-order chi connectivity index (χ1) is 9.69. The van der Waals surface area contributed by atoms with E-state index in [1.165, 1.54) is 18.9 Å². The number of hydrogen-bond donors (Lipinski definition) is 3. The molecule has 1 fully saturated rings. The van der Waals surface area contributed by atoms with Crippen molar-refractivity contribution in [2.45, 2.75) is 25.4 Å². The molecule has 1 aromatic carbocycles. The topological polar surface area (TPSA) is 65.0 Å². The van der Waals surface area contributed by atoms with Crippen LogP contribution in [-0.2, 0) is 11.3 Å². The van der Waals surface area contributed by atoms with Gasteiger partial charge in [-0.25, -0.2) is 0 Å². The largest absolute Gasteiger partial charge is 0.508 e. The summed E-state index contributed by atoms with van der Waals surface area (Å²) in [6.07, 6.45) is 2.43. The molecule has 0 spiro atoms. The zero-order valence-corrected chi connectivity index (χ0v) is 12.0. The Balaban J connectivity index is 1.97.